The maximum Gasteiger partial charge on any atom is 0.216 e. The Bertz CT molecular complexity index is 906. The number of hydrogen-bond donors (Lipinski definition) is 3. The second-order valence-electron chi connectivity index (χ2n) is 7.17. The maximum atomic E-state index is 12.3. The molecule has 0 aliphatic heterocycles. The van der Waals surface area contributed by atoms with E-state index in [1.165, 1.54) is 0 Å². The third kappa shape index (κ3) is 10.8. The fourth-order valence-corrected chi connectivity index (χ4v) is 4.35. The van der Waals surface area contributed by atoms with E-state index in [2.05, 4.69) is 20.3 Å². The first-order valence-corrected chi connectivity index (χ1v) is 11.7. The van der Waals surface area contributed by atoms with Gasteiger partial charge in [-0.2, -0.15) is 0 Å². The number of ether oxygens (including phenoxy) is 1. The van der Waals surface area contributed by atoms with Crippen LogP contribution in [-0.4, -0.2) is 40.6 Å². The molecule has 7 nitrogen and oxygen atoms in total. The van der Waals surface area contributed by atoms with E-state index >= 15 is 0 Å². The molecule has 31 heavy (non-hydrogen) atoms. The van der Waals surface area contributed by atoms with Crippen molar-refractivity contribution < 1.29 is 13.2 Å². The minimum atomic E-state index is -3.38. The normalized spacial score (nSPS) is 11.7. The monoisotopic (exact) mass is 560 g/mol. The highest BCUT2D eigenvalue weighted by molar-refractivity contribution is 14.0. The molecule has 2 aromatic carbocycles. The molecule has 0 unspecified atom stereocenters. The number of nitrogens with one attached hydrogen (secondary N) is 3. The van der Waals surface area contributed by atoms with Crippen molar-refractivity contribution >= 4 is 40.0 Å². The fraction of sp³-hybridized carbons (Fsp3) is 0.409. The van der Waals surface area contributed by atoms with Crippen LogP contribution in [0.1, 0.15) is 31.4 Å². The summed E-state index contributed by atoms with van der Waals surface area (Å²) in [5, 5.41) is 6.49. The van der Waals surface area contributed by atoms with Crippen LogP contribution in [0.15, 0.2) is 59.6 Å². The van der Waals surface area contributed by atoms with Crippen LogP contribution in [0.2, 0.25) is 0 Å². The predicted molar refractivity (Wildman–Crippen MR) is 138 cm³/mol. The molecular formula is C22H33IN4O3S. The molecule has 0 fully saturated rings. The summed E-state index contributed by atoms with van der Waals surface area (Å²) in [6.07, 6.45) is 0.825. The van der Waals surface area contributed by atoms with Crippen molar-refractivity contribution in [3.63, 3.8) is 0 Å². The van der Waals surface area contributed by atoms with Gasteiger partial charge >= 0.3 is 0 Å². The summed E-state index contributed by atoms with van der Waals surface area (Å²) in [7, 11) is -1.67. The Morgan fingerprint density at radius 2 is 1.65 bits per heavy atom. The van der Waals surface area contributed by atoms with Gasteiger partial charge in [-0.3, -0.25) is 4.99 Å². The Hall–Kier alpha value is -1.85. The Labute approximate surface area is 203 Å². The number of halogens is 1. The average Bonchev–Trinajstić information content (AvgIpc) is 2.70. The van der Waals surface area contributed by atoms with Crippen LogP contribution >= 0.6 is 24.0 Å². The van der Waals surface area contributed by atoms with Gasteiger partial charge in [-0.25, -0.2) is 13.1 Å². The largest absolute Gasteiger partial charge is 0.494 e. The summed E-state index contributed by atoms with van der Waals surface area (Å²) in [6.45, 7) is 5.42. The number of benzene rings is 2. The van der Waals surface area contributed by atoms with Crippen LogP contribution in [-0.2, 0) is 22.3 Å². The van der Waals surface area contributed by atoms with Crippen molar-refractivity contribution in [2.24, 2.45) is 4.99 Å². The van der Waals surface area contributed by atoms with E-state index in [0.717, 1.165) is 23.3 Å². The Morgan fingerprint density at radius 3 is 2.29 bits per heavy atom. The average molecular weight is 561 g/mol. The van der Waals surface area contributed by atoms with E-state index in [1.54, 1.807) is 7.05 Å². The van der Waals surface area contributed by atoms with E-state index in [1.807, 2.05) is 68.4 Å². The van der Waals surface area contributed by atoms with Crippen LogP contribution < -0.4 is 20.1 Å². The van der Waals surface area contributed by atoms with Crippen molar-refractivity contribution in [3.8, 4) is 5.75 Å². The van der Waals surface area contributed by atoms with Crippen molar-refractivity contribution in [1.29, 1.82) is 0 Å². The lowest BCUT2D eigenvalue weighted by Crippen LogP contribution is -2.38. The van der Waals surface area contributed by atoms with E-state index in [9.17, 15) is 8.42 Å². The van der Waals surface area contributed by atoms with E-state index in [-0.39, 0.29) is 35.8 Å². The molecular weight excluding hydrogens is 527 g/mol. The Balaban J connectivity index is 0.00000480. The van der Waals surface area contributed by atoms with Gasteiger partial charge < -0.3 is 15.4 Å². The van der Waals surface area contributed by atoms with Crippen LogP contribution in [0.4, 0.5) is 0 Å². The SMILES string of the molecule is CN=C(NCCCOc1ccccc1)NCc1ccccc1CS(=O)(=O)NC(C)C.I. The van der Waals surface area contributed by atoms with E-state index in [4.69, 9.17) is 4.74 Å². The molecule has 9 heteroatoms. The third-order valence-corrected chi connectivity index (χ3v) is 5.70. The molecule has 172 valence electrons. The number of sulfonamides is 1. The molecule has 0 radical (unpaired) electrons. The highest BCUT2D eigenvalue weighted by Gasteiger charge is 2.15. The summed E-state index contributed by atoms with van der Waals surface area (Å²) < 4.78 is 32.9. The molecule has 0 aliphatic carbocycles. The predicted octanol–water partition coefficient (Wildman–Crippen LogP) is 3.27. The van der Waals surface area contributed by atoms with E-state index < -0.39 is 10.0 Å². The smallest absolute Gasteiger partial charge is 0.216 e. The van der Waals surface area contributed by atoms with Crippen molar-refractivity contribution in [1.82, 2.24) is 15.4 Å². The van der Waals surface area contributed by atoms with E-state index in [0.29, 0.717) is 25.7 Å². The van der Waals surface area contributed by atoms with Gasteiger partial charge in [-0.05, 0) is 43.5 Å². The van der Waals surface area contributed by atoms with Gasteiger partial charge in [0.1, 0.15) is 5.75 Å². The third-order valence-electron chi connectivity index (χ3n) is 4.17. The van der Waals surface area contributed by atoms with Gasteiger partial charge in [-0.1, -0.05) is 42.5 Å². The molecule has 0 aromatic heterocycles. The second-order valence-corrected chi connectivity index (χ2v) is 8.92. The molecule has 0 spiro atoms. The summed E-state index contributed by atoms with van der Waals surface area (Å²) in [4.78, 5) is 4.23. The minimum Gasteiger partial charge on any atom is -0.494 e. The van der Waals surface area contributed by atoms with Crippen molar-refractivity contribution in [2.75, 3.05) is 20.2 Å². The summed E-state index contributed by atoms with van der Waals surface area (Å²) in [5.74, 6) is 1.47. The van der Waals surface area contributed by atoms with Crippen LogP contribution in [0.3, 0.4) is 0 Å². The molecule has 0 atom stereocenters. The Kier molecular flexibility index (Phi) is 12.5. The molecule has 0 aliphatic rings. The highest BCUT2D eigenvalue weighted by atomic mass is 127. The number of hydrogen-bond acceptors (Lipinski definition) is 4. The molecule has 2 aromatic rings. The summed E-state index contributed by atoms with van der Waals surface area (Å²) in [5.41, 5.74) is 1.69. The molecule has 3 N–H and O–H groups in total. The standard InChI is InChI=1S/C22H32N4O3S.HI/c1-18(2)26-30(27,28)17-20-11-8-7-10-19(20)16-25-22(23-3)24-14-9-15-29-21-12-5-4-6-13-21;/h4-8,10-13,18,26H,9,14-17H2,1-3H3,(H2,23,24,25);1H. The quantitative estimate of drug-likeness (QED) is 0.170. The molecule has 0 amide bonds. The number of aliphatic imine (C=N–C) groups is 1. The first kappa shape index (κ1) is 27.2. The van der Waals surface area contributed by atoms with Gasteiger partial charge in [0.25, 0.3) is 0 Å². The highest BCUT2D eigenvalue weighted by Crippen LogP contribution is 2.12. The topological polar surface area (TPSA) is 91.8 Å². The Morgan fingerprint density at radius 1 is 1.00 bits per heavy atom. The van der Waals surface area contributed by atoms with Gasteiger partial charge in [-0.15, -0.1) is 24.0 Å². The number of rotatable bonds is 11. The molecule has 0 saturated carbocycles. The second kappa shape index (κ2) is 14.3. The van der Waals surface area contributed by atoms with Crippen LogP contribution in [0.5, 0.6) is 5.75 Å². The summed E-state index contributed by atoms with van der Waals surface area (Å²) in [6, 6.07) is 17.1. The zero-order valence-electron chi connectivity index (χ0n) is 18.3. The summed E-state index contributed by atoms with van der Waals surface area (Å²) >= 11 is 0. The minimum absolute atomic E-state index is 0. The zero-order chi connectivity index (χ0) is 21.8. The molecule has 0 saturated heterocycles. The van der Waals surface area contributed by atoms with Gasteiger partial charge in [0.2, 0.25) is 10.0 Å². The lowest BCUT2D eigenvalue weighted by Gasteiger charge is -2.15. The lowest BCUT2D eigenvalue weighted by molar-refractivity contribution is 0.311. The fourth-order valence-electron chi connectivity index (χ4n) is 2.86. The van der Waals surface area contributed by atoms with Gasteiger partial charge in [0, 0.05) is 26.2 Å². The number of para-hydroxylation sites is 1. The molecule has 0 heterocycles. The van der Waals surface area contributed by atoms with Crippen molar-refractivity contribution in [2.45, 2.75) is 38.6 Å². The molecule has 0 bridgehead atoms. The first-order chi connectivity index (χ1) is 14.4. The number of nitrogens with zero attached hydrogens (tertiary/aromatic N) is 1. The van der Waals surface area contributed by atoms with Crippen molar-refractivity contribution in [3.05, 3.63) is 65.7 Å². The van der Waals surface area contributed by atoms with Crippen LogP contribution in [0.25, 0.3) is 0 Å². The lowest BCUT2D eigenvalue weighted by atomic mass is 10.1. The molecule has 2 rings (SSSR count). The zero-order valence-corrected chi connectivity index (χ0v) is 21.4. The van der Waals surface area contributed by atoms with Gasteiger partial charge in [0.15, 0.2) is 5.96 Å². The first-order valence-electron chi connectivity index (χ1n) is 10.1. The number of guanidine groups is 1. The maximum absolute atomic E-state index is 12.3. The van der Waals surface area contributed by atoms with Gasteiger partial charge in [0.05, 0.1) is 12.4 Å². The van der Waals surface area contributed by atoms with Crippen LogP contribution in [0, 0.1) is 0 Å².